The van der Waals surface area contributed by atoms with E-state index in [1.807, 2.05) is 48.6 Å². The summed E-state index contributed by atoms with van der Waals surface area (Å²) in [7, 11) is 0. The van der Waals surface area contributed by atoms with Gasteiger partial charge in [0, 0.05) is 0 Å². The molecule has 0 bridgehead atoms. The fourth-order valence-corrected chi connectivity index (χ4v) is 3.24. The van der Waals surface area contributed by atoms with Crippen LogP contribution in [0.15, 0.2) is 62.7 Å². The Labute approximate surface area is 206 Å². The van der Waals surface area contributed by atoms with E-state index in [2.05, 4.69) is 38.4 Å². The highest BCUT2D eigenvalue weighted by atomic mass is 16.5. The quantitative estimate of drug-likeness (QED) is 0.297. The third-order valence-electron chi connectivity index (χ3n) is 5.21. The highest BCUT2D eigenvalue weighted by Gasteiger charge is 2.28. The summed E-state index contributed by atoms with van der Waals surface area (Å²) in [6.45, 7) is 14.8. The fraction of sp³-hybridized carbons (Fsp3) is 0.250. The van der Waals surface area contributed by atoms with Crippen molar-refractivity contribution in [3.63, 3.8) is 0 Å². The van der Waals surface area contributed by atoms with E-state index in [1.165, 1.54) is 0 Å². The first-order chi connectivity index (χ1) is 16.8. The molecule has 0 saturated heterocycles. The lowest BCUT2D eigenvalue weighted by molar-refractivity contribution is -0.142. The molecule has 0 unspecified atom stereocenters. The van der Waals surface area contributed by atoms with E-state index in [0.717, 1.165) is 33.4 Å². The Morgan fingerprint density at radius 1 is 0.800 bits per heavy atom. The van der Waals surface area contributed by atoms with Crippen LogP contribution in [-0.4, -0.2) is 62.8 Å². The molecule has 0 aromatic heterocycles. The van der Waals surface area contributed by atoms with Gasteiger partial charge >= 0.3 is 0 Å². The molecular weight excluding hydrogens is 448 g/mol. The van der Waals surface area contributed by atoms with E-state index in [1.54, 1.807) is 0 Å². The fourth-order valence-electron chi connectivity index (χ4n) is 3.24. The van der Waals surface area contributed by atoms with E-state index in [-0.39, 0.29) is 0 Å². The number of ether oxygens (including phenoxy) is 1. The van der Waals surface area contributed by atoms with E-state index in [0.29, 0.717) is 13.2 Å². The summed E-state index contributed by atoms with van der Waals surface area (Å²) in [6, 6.07) is 12.2. The van der Waals surface area contributed by atoms with Crippen molar-refractivity contribution >= 4 is 30.1 Å². The number of Topliss-reactive ketones (excluding diaryl/α,β-unsaturated/α-hetero) is 1. The molecule has 0 aliphatic carbocycles. The minimum atomic E-state index is -1.86. The van der Waals surface area contributed by atoms with Crippen molar-refractivity contribution in [1.29, 1.82) is 0 Å². The Morgan fingerprint density at radius 3 is 1.60 bits per heavy atom. The van der Waals surface area contributed by atoms with Gasteiger partial charge in [0.05, 0.1) is 19.8 Å². The molecule has 0 aliphatic heterocycles. The van der Waals surface area contributed by atoms with Crippen molar-refractivity contribution in [3.8, 4) is 0 Å². The summed E-state index contributed by atoms with van der Waals surface area (Å²) in [5, 5.41) is 43.1. The van der Waals surface area contributed by atoms with Gasteiger partial charge in [0.1, 0.15) is 24.9 Å². The van der Waals surface area contributed by atoms with Gasteiger partial charge in [-0.05, 0) is 33.4 Å². The van der Waals surface area contributed by atoms with E-state index >= 15 is 0 Å². The van der Waals surface area contributed by atoms with Gasteiger partial charge in [-0.3, -0.25) is 4.79 Å². The number of hydrogen-bond acceptors (Lipinski definition) is 7. The molecule has 7 heteroatoms. The van der Waals surface area contributed by atoms with Crippen LogP contribution in [0.25, 0.3) is 24.3 Å². The summed E-state index contributed by atoms with van der Waals surface area (Å²) >= 11 is 0. The Balaban J connectivity index is 0.000000434. The molecule has 2 aromatic rings. The number of aliphatic hydroxyl groups excluding tert-OH is 5. The van der Waals surface area contributed by atoms with Gasteiger partial charge in [-0.25, -0.2) is 0 Å². The van der Waals surface area contributed by atoms with Crippen LogP contribution in [0.5, 0.6) is 0 Å². The van der Waals surface area contributed by atoms with Gasteiger partial charge < -0.3 is 30.3 Å². The molecule has 2 rings (SSSR count). The van der Waals surface area contributed by atoms with Crippen LogP contribution in [0.3, 0.4) is 0 Å². The topological polar surface area (TPSA) is 127 Å². The van der Waals surface area contributed by atoms with Gasteiger partial charge in [-0.2, -0.15) is 0 Å². The molecule has 35 heavy (non-hydrogen) atoms. The second-order valence-corrected chi connectivity index (χ2v) is 7.46. The minimum absolute atomic E-state index is 0.526. The molecular formula is C28H34O7. The first kappa shape index (κ1) is 29.9. The largest absolute Gasteiger partial charge is 0.394 e. The first-order valence-electron chi connectivity index (χ1n) is 10.9. The Kier molecular flexibility index (Phi) is 13.4. The Hall–Kier alpha value is -3.17. The van der Waals surface area contributed by atoms with E-state index in [9.17, 15) is 4.79 Å². The van der Waals surface area contributed by atoms with Crippen molar-refractivity contribution in [2.75, 3.05) is 13.2 Å². The molecule has 5 N–H and O–H groups in total. The van der Waals surface area contributed by atoms with E-state index in [4.69, 9.17) is 30.3 Å². The van der Waals surface area contributed by atoms with Gasteiger partial charge in [-0.1, -0.05) is 87.0 Å². The van der Waals surface area contributed by atoms with Crippen LogP contribution in [0.1, 0.15) is 33.4 Å². The molecule has 3 atom stereocenters. The number of aliphatic hydroxyl groups is 5. The molecule has 188 valence electrons. The maximum absolute atomic E-state index is 10.5. The lowest BCUT2D eigenvalue weighted by Crippen LogP contribution is -2.44. The molecule has 0 amide bonds. The average molecular weight is 483 g/mol. The predicted octanol–water partition coefficient (Wildman–Crippen LogP) is 2.60. The standard InChI is InChI=1S/C22H22O.C6H12O6/c1-5-17-11-9-13-19(21(17)7-3)15-23-16-20-14-10-12-18(6-2)22(20)8-4;7-1-3(9)5(11)6(12)4(10)2-8/h5-14H,1-4,15-16H2;3,5-9,11-12H,1-2H2/t;3-,5+,6+/m.1/s1. The van der Waals surface area contributed by atoms with Crippen LogP contribution in [0, 0.1) is 0 Å². The van der Waals surface area contributed by atoms with Gasteiger partial charge in [0.25, 0.3) is 0 Å². The maximum Gasteiger partial charge on any atom is 0.189 e. The summed E-state index contributed by atoms with van der Waals surface area (Å²) < 4.78 is 5.93. The maximum atomic E-state index is 10.5. The van der Waals surface area contributed by atoms with Crippen LogP contribution in [0.2, 0.25) is 0 Å². The van der Waals surface area contributed by atoms with Gasteiger partial charge in [0.15, 0.2) is 5.78 Å². The summed E-state index contributed by atoms with van der Waals surface area (Å²) in [5.74, 6) is -1.00. The van der Waals surface area contributed by atoms with Crippen molar-refractivity contribution in [3.05, 3.63) is 96.1 Å². The lowest BCUT2D eigenvalue weighted by atomic mass is 10.0. The Morgan fingerprint density at radius 2 is 1.26 bits per heavy atom. The number of hydrogen-bond donors (Lipinski definition) is 5. The molecule has 0 radical (unpaired) electrons. The summed E-state index contributed by atoms with van der Waals surface area (Å²) in [5.41, 5.74) is 6.51. The molecule has 0 fully saturated rings. The van der Waals surface area contributed by atoms with Crippen molar-refractivity contribution < 1.29 is 35.1 Å². The lowest BCUT2D eigenvalue weighted by Gasteiger charge is -2.19. The molecule has 0 saturated carbocycles. The van der Waals surface area contributed by atoms with Crippen molar-refractivity contribution in [1.82, 2.24) is 0 Å². The number of rotatable bonds is 13. The zero-order valence-electron chi connectivity index (χ0n) is 19.7. The van der Waals surface area contributed by atoms with Crippen LogP contribution < -0.4 is 0 Å². The van der Waals surface area contributed by atoms with Gasteiger partial charge in [-0.15, -0.1) is 0 Å². The first-order valence-corrected chi connectivity index (χ1v) is 10.9. The smallest absolute Gasteiger partial charge is 0.189 e. The summed E-state index contributed by atoms with van der Waals surface area (Å²) in [6.07, 6.45) is 2.16. The van der Waals surface area contributed by atoms with Crippen molar-refractivity contribution in [2.24, 2.45) is 0 Å². The number of carbonyl (C=O) groups is 1. The minimum Gasteiger partial charge on any atom is -0.394 e. The van der Waals surface area contributed by atoms with Crippen LogP contribution >= 0.6 is 0 Å². The van der Waals surface area contributed by atoms with Gasteiger partial charge in [0.2, 0.25) is 0 Å². The second-order valence-electron chi connectivity index (χ2n) is 7.46. The number of carbonyl (C=O) groups excluding carboxylic acids is 1. The zero-order chi connectivity index (χ0) is 26.4. The van der Waals surface area contributed by atoms with Crippen LogP contribution in [-0.2, 0) is 22.7 Å². The normalized spacial score (nSPS) is 12.9. The molecule has 7 nitrogen and oxygen atoms in total. The van der Waals surface area contributed by atoms with Crippen LogP contribution in [0.4, 0.5) is 0 Å². The highest BCUT2D eigenvalue weighted by Crippen LogP contribution is 2.21. The highest BCUT2D eigenvalue weighted by molar-refractivity contribution is 5.84. The average Bonchev–Trinajstić information content (AvgIpc) is 2.90. The molecule has 2 aromatic carbocycles. The monoisotopic (exact) mass is 482 g/mol. The number of benzene rings is 2. The number of ketones is 1. The Bertz CT molecular complexity index is 949. The molecule has 0 aliphatic rings. The summed E-state index contributed by atoms with van der Waals surface area (Å²) in [4.78, 5) is 10.5. The zero-order valence-corrected chi connectivity index (χ0v) is 19.7. The predicted molar refractivity (Wildman–Crippen MR) is 139 cm³/mol. The third kappa shape index (κ3) is 8.52. The molecule has 0 spiro atoms. The second kappa shape index (κ2) is 15.7. The SMILES string of the molecule is C=Cc1cccc(COCc2cccc(C=C)c2C=C)c1C=C.O=C(CO)[C@H](O)[C@@H](O)[C@H](O)CO. The van der Waals surface area contributed by atoms with E-state index < -0.39 is 37.3 Å². The van der Waals surface area contributed by atoms with Crippen molar-refractivity contribution in [2.45, 2.75) is 31.5 Å². The molecule has 0 heterocycles. The third-order valence-corrected chi connectivity index (χ3v) is 5.21.